The van der Waals surface area contributed by atoms with Crippen molar-refractivity contribution < 1.29 is 9.59 Å². The van der Waals surface area contributed by atoms with Gasteiger partial charge in [0.2, 0.25) is 11.8 Å². The summed E-state index contributed by atoms with van der Waals surface area (Å²) in [6.45, 7) is 8.60. The predicted octanol–water partition coefficient (Wildman–Crippen LogP) is 4.26. The van der Waals surface area contributed by atoms with Crippen molar-refractivity contribution in [1.29, 1.82) is 0 Å². The Morgan fingerprint density at radius 1 is 1.19 bits per heavy atom. The van der Waals surface area contributed by atoms with Crippen LogP contribution in [-0.2, 0) is 16.0 Å². The van der Waals surface area contributed by atoms with Crippen molar-refractivity contribution in [3.05, 3.63) is 57.8 Å². The molecule has 2 amide bonds. The molecule has 27 heavy (non-hydrogen) atoms. The molecule has 0 radical (unpaired) electrons. The summed E-state index contributed by atoms with van der Waals surface area (Å²) >= 11 is 1.76. The van der Waals surface area contributed by atoms with Crippen LogP contribution in [0.4, 0.5) is 0 Å². The van der Waals surface area contributed by atoms with Gasteiger partial charge in [-0.25, -0.2) is 0 Å². The Morgan fingerprint density at radius 3 is 2.52 bits per heavy atom. The first-order chi connectivity index (χ1) is 12.8. The molecule has 1 atom stereocenters. The molecule has 1 aliphatic heterocycles. The Balaban J connectivity index is 1.92. The van der Waals surface area contributed by atoms with Crippen LogP contribution in [0.3, 0.4) is 0 Å². The van der Waals surface area contributed by atoms with Crippen molar-refractivity contribution in [3.8, 4) is 0 Å². The van der Waals surface area contributed by atoms with Gasteiger partial charge in [-0.2, -0.15) is 0 Å². The van der Waals surface area contributed by atoms with E-state index in [0.29, 0.717) is 13.0 Å². The number of carbonyl (C=O) groups is 2. The van der Waals surface area contributed by atoms with Crippen LogP contribution < -0.4 is 0 Å². The van der Waals surface area contributed by atoms with Gasteiger partial charge in [-0.3, -0.25) is 9.59 Å². The smallest absolute Gasteiger partial charge is 0.243 e. The monoisotopic (exact) mass is 384 g/mol. The molecule has 1 aromatic carbocycles. The number of rotatable bonds is 4. The van der Waals surface area contributed by atoms with Gasteiger partial charge in [-0.15, -0.1) is 11.3 Å². The third-order valence-corrected chi connectivity index (χ3v) is 6.10. The van der Waals surface area contributed by atoms with Crippen LogP contribution in [-0.4, -0.2) is 40.2 Å². The Morgan fingerprint density at radius 2 is 1.89 bits per heavy atom. The quantitative estimate of drug-likeness (QED) is 0.790. The number of hydrogen-bond donors (Lipinski definition) is 0. The molecule has 5 heteroatoms. The first-order valence-electron chi connectivity index (χ1n) is 9.54. The van der Waals surface area contributed by atoms with Crippen LogP contribution in [0.15, 0.2) is 41.8 Å². The standard InChI is InChI=1S/C22H28N2O2S/c1-5-19(25)24(22(2,3)4)15-20(26)23-13-11-18-17(12-14-27-18)21(23)16-9-7-6-8-10-16/h6-10,12,14,21H,5,11,13,15H2,1-4H3. The largest absolute Gasteiger partial charge is 0.330 e. The predicted molar refractivity (Wildman–Crippen MR) is 110 cm³/mol. The first-order valence-corrected chi connectivity index (χ1v) is 10.4. The Hall–Kier alpha value is -2.14. The molecule has 0 bridgehead atoms. The summed E-state index contributed by atoms with van der Waals surface area (Å²) < 4.78 is 0. The molecule has 1 aromatic heterocycles. The molecule has 0 fully saturated rings. The van der Waals surface area contributed by atoms with E-state index in [4.69, 9.17) is 0 Å². The van der Waals surface area contributed by atoms with Crippen LogP contribution in [0.2, 0.25) is 0 Å². The Bertz CT molecular complexity index is 807. The van der Waals surface area contributed by atoms with Gasteiger partial charge in [-0.05, 0) is 49.8 Å². The minimum Gasteiger partial charge on any atom is -0.330 e. The highest BCUT2D eigenvalue weighted by atomic mass is 32.1. The number of benzene rings is 1. The summed E-state index contributed by atoms with van der Waals surface area (Å²) in [7, 11) is 0. The number of nitrogens with zero attached hydrogens (tertiary/aromatic N) is 2. The van der Waals surface area contributed by atoms with Crippen molar-refractivity contribution >= 4 is 23.2 Å². The van der Waals surface area contributed by atoms with Crippen LogP contribution in [0.5, 0.6) is 0 Å². The number of thiophene rings is 1. The average Bonchev–Trinajstić information content (AvgIpc) is 3.13. The second-order valence-corrected chi connectivity index (χ2v) is 8.95. The highest BCUT2D eigenvalue weighted by molar-refractivity contribution is 7.10. The molecule has 0 spiro atoms. The van der Waals surface area contributed by atoms with Gasteiger partial charge >= 0.3 is 0 Å². The van der Waals surface area contributed by atoms with E-state index in [2.05, 4.69) is 23.6 Å². The first kappa shape index (κ1) is 19.6. The zero-order valence-corrected chi connectivity index (χ0v) is 17.4. The fourth-order valence-corrected chi connectivity index (χ4v) is 4.60. The summed E-state index contributed by atoms with van der Waals surface area (Å²) in [6.07, 6.45) is 1.28. The van der Waals surface area contributed by atoms with E-state index >= 15 is 0 Å². The average molecular weight is 385 g/mol. The molecule has 4 nitrogen and oxygen atoms in total. The van der Waals surface area contributed by atoms with Crippen LogP contribution in [0.1, 0.15) is 56.2 Å². The van der Waals surface area contributed by atoms with E-state index in [0.717, 1.165) is 12.0 Å². The zero-order valence-electron chi connectivity index (χ0n) is 16.6. The van der Waals surface area contributed by atoms with Crippen LogP contribution >= 0.6 is 11.3 Å². The van der Waals surface area contributed by atoms with E-state index in [1.807, 2.05) is 50.8 Å². The second kappa shape index (κ2) is 7.85. The SMILES string of the molecule is CCC(=O)N(CC(=O)N1CCc2sccc2C1c1ccccc1)C(C)(C)C. The van der Waals surface area contributed by atoms with Crippen molar-refractivity contribution in [2.45, 2.75) is 52.1 Å². The topological polar surface area (TPSA) is 40.6 Å². The lowest BCUT2D eigenvalue weighted by atomic mass is 9.93. The van der Waals surface area contributed by atoms with Gasteiger partial charge in [0.25, 0.3) is 0 Å². The maximum atomic E-state index is 13.3. The highest BCUT2D eigenvalue weighted by Gasteiger charge is 2.35. The highest BCUT2D eigenvalue weighted by Crippen LogP contribution is 2.37. The van der Waals surface area contributed by atoms with Crippen molar-refractivity contribution in [3.63, 3.8) is 0 Å². The molecule has 1 aliphatic rings. The maximum Gasteiger partial charge on any atom is 0.243 e. The molecule has 2 heterocycles. The summed E-state index contributed by atoms with van der Waals surface area (Å²) in [5.41, 5.74) is 1.96. The number of carbonyl (C=O) groups excluding carboxylic acids is 2. The minimum atomic E-state index is -0.381. The van der Waals surface area contributed by atoms with E-state index in [1.54, 1.807) is 16.2 Å². The molecule has 2 aromatic rings. The summed E-state index contributed by atoms with van der Waals surface area (Å²) in [6, 6.07) is 12.2. The summed E-state index contributed by atoms with van der Waals surface area (Å²) in [4.78, 5) is 30.8. The van der Waals surface area contributed by atoms with Crippen LogP contribution in [0, 0.1) is 0 Å². The van der Waals surface area contributed by atoms with Gasteiger partial charge in [0, 0.05) is 23.4 Å². The molecular formula is C22H28N2O2S. The molecule has 0 N–H and O–H groups in total. The molecule has 3 rings (SSSR count). The molecule has 0 aliphatic carbocycles. The van der Waals surface area contributed by atoms with E-state index < -0.39 is 0 Å². The number of fused-ring (bicyclic) bond motifs is 1. The third kappa shape index (κ3) is 4.08. The van der Waals surface area contributed by atoms with E-state index in [1.165, 1.54) is 10.4 Å². The third-order valence-electron chi connectivity index (χ3n) is 5.11. The van der Waals surface area contributed by atoms with Crippen molar-refractivity contribution in [1.82, 2.24) is 9.80 Å². The lowest BCUT2D eigenvalue weighted by molar-refractivity contribution is -0.145. The molecule has 0 saturated carbocycles. The summed E-state index contributed by atoms with van der Waals surface area (Å²) in [5, 5.41) is 2.11. The number of amides is 2. The fraction of sp³-hybridized carbons (Fsp3) is 0.455. The molecular weight excluding hydrogens is 356 g/mol. The Kier molecular flexibility index (Phi) is 5.70. The number of hydrogen-bond acceptors (Lipinski definition) is 3. The Labute approximate surface area is 165 Å². The van der Waals surface area contributed by atoms with Gasteiger partial charge in [0.1, 0.15) is 6.54 Å². The minimum absolute atomic E-state index is 0.0115. The summed E-state index contributed by atoms with van der Waals surface area (Å²) in [5.74, 6) is 0.0257. The van der Waals surface area contributed by atoms with Gasteiger partial charge in [0.15, 0.2) is 0 Å². The van der Waals surface area contributed by atoms with Crippen LogP contribution in [0.25, 0.3) is 0 Å². The van der Waals surface area contributed by atoms with Gasteiger partial charge in [-0.1, -0.05) is 37.3 Å². The van der Waals surface area contributed by atoms with Crippen molar-refractivity contribution in [2.75, 3.05) is 13.1 Å². The van der Waals surface area contributed by atoms with E-state index in [9.17, 15) is 9.59 Å². The van der Waals surface area contributed by atoms with Gasteiger partial charge in [0.05, 0.1) is 6.04 Å². The normalized spacial score (nSPS) is 16.7. The molecule has 0 saturated heterocycles. The molecule has 1 unspecified atom stereocenters. The lowest BCUT2D eigenvalue weighted by Crippen LogP contribution is -2.52. The van der Waals surface area contributed by atoms with Crippen molar-refractivity contribution in [2.24, 2.45) is 0 Å². The lowest BCUT2D eigenvalue weighted by Gasteiger charge is -2.40. The zero-order chi connectivity index (χ0) is 19.6. The molecule has 144 valence electrons. The maximum absolute atomic E-state index is 13.3. The van der Waals surface area contributed by atoms with Gasteiger partial charge < -0.3 is 9.80 Å². The second-order valence-electron chi connectivity index (χ2n) is 7.95. The van der Waals surface area contributed by atoms with E-state index in [-0.39, 0.29) is 29.9 Å². The fourth-order valence-electron chi connectivity index (χ4n) is 3.70.